The van der Waals surface area contributed by atoms with Gasteiger partial charge in [-0.3, -0.25) is 4.79 Å². The smallest absolute Gasteiger partial charge is 0.335 e. The fourth-order valence-corrected chi connectivity index (χ4v) is 2.43. The second-order valence-electron chi connectivity index (χ2n) is 4.28. The van der Waals surface area contributed by atoms with Crippen molar-refractivity contribution in [3.8, 4) is 0 Å². The summed E-state index contributed by atoms with van der Waals surface area (Å²) < 4.78 is 0. The summed E-state index contributed by atoms with van der Waals surface area (Å²) >= 11 is 1.65. The molecule has 1 N–H and O–H groups in total. The minimum absolute atomic E-state index is 0.137. The number of fused-ring (bicyclic) bond motifs is 1. The van der Waals surface area contributed by atoms with Gasteiger partial charge in [0.25, 0.3) is 0 Å². The maximum Gasteiger partial charge on any atom is 0.335 e. The summed E-state index contributed by atoms with van der Waals surface area (Å²) in [6, 6.07) is 5.07. The average Bonchev–Trinajstić information content (AvgIpc) is 2.78. The Morgan fingerprint density at radius 2 is 2.06 bits per heavy atom. The highest BCUT2D eigenvalue weighted by atomic mass is 32.2. The van der Waals surface area contributed by atoms with Crippen molar-refractivity contribution in [1.82, 2.24) is 4.90 Å². The van der Waals surface area contributed by atoms with Crippen LogP contribution in [0.4, 0.5) is 0 Å². The topological polar surface area (TPSA) is 57.6 Å². The van der Waals surface area contributed by atoms with Gasteiger partial charge in [0.15, 0.2) is 0 Å². The Bertz CT molecular complexity index is 487. The first-order chi connectivity index (χ1) is 8.61. The summed E-state index contributed by atoms with van der Waals surface area (Å²) in [4.78, 5) is 24.5. The summed E-state index contributed by atoms with van der Waals surface area (Å²) in [5, 5.41) is 8.92. The van der Waals surface area contributed by atoms with Crippen LogP contribution in [-0.4, -0.2) is 33.9 Å². The number of thioether (sulfide) groups is 1. The number of carbonyl (C=O) groups excluding carboxylic acids is 1. The Hall–Kier alpha value is -1.49. The van der Waals surface area contributed by atoms with E-state index in [1.165, 1.54) is 0 Å². The van der Waals surface area contributed by atoms with Crippen LogP contribution in [0.25, 0.3) is 0 Å². The summed E-state index contributed by atoms with van der Waals surface area (Å²) in [5.41, 5.74) is 2.29. The lowest BCUT2D eigenvalue weighted by atomic mass is 10.1. The number of aromatic carboxylic acids is 1. The molecular weight excluding hydrogens is 250 g/mol. The average molecular weight is 265 g/mol. The zero-order valence-corrected chi connectivity index (χ0v) is 11.0. The molecule has 4 nitrogen and oxygen atoms in total. The van der Waals surface area contributed by atoms with E-state index in [9.17, 15) is 9.59 Å². The number of nitrogens with zero attached hydrogens (tertiary/aromatic N) is 1. The van der Waals surface area contributed by atoms with Gasteiger partial charge in [-0.1, -0.05) is 6.07 Å². The van der Waals surface area contributed by atoms with Crippen molar-refractivity contribution in [3.63, 3.8) is 0 Å². The second-order valence-corrected chi connectivity index (χ2v) is 5.27. The van der Waals surface area contributed by atoms with Crippen LogP contribution in [-0.2, 0) is 17.9 Å². The number of amides is 1. The largest absolute Gasteiger partial charge is 0.478 e. The Balaban J connectivity index is 2.08. The molecule has 0 saturated carbocycles. The maximum absolute atomic E-state index is 11.9. The summed E-state index contributed by atoms with van der Waals surface area (Å²) in [5.74, 6) is 0.0360. The standard InChI is InChI=1S/C13H15NO3S/c1-18-5-4-12(15)14-7-10-3-2-9(13(16)17)6-11(10)8-14/h2-3,6H,4-5,7-8H2,1H3,(H,16,17). The molecule has 0 unspecified atom stereocenters. The first kappa shape index (κ1) is 13.0. The van der Waals surface area contributed by atoms with Gasteiger partial charge in [-0.05, 0) is 29.5 Å². The molecule has 0 atom stereocenters. The molecule has 0 saturated heterocycles. The van der Waals surface area contributed by atoms with Gasteiger partial charge < -0.3 is 10.0 Å². The van der Waals surface area contributed by atoms with Crippen molar-refractivity contribution in [2.45, 2.75) is 19.5 Å². The van der Waals surface area contributed by atoms with Crippen LogP contribution < -0.4 is 0 Å². The first-order valence-corrected chi connectivity index (χ1v) is 7.13. The molecule has 2 rings (SSSR count). The molecule has 1 aromatic carbocycles. The lowest BCUT2D eigenvalue weighted by molar-refractivity contribution is -0.131. The molecule has 0 bridgehead atoms. The minimum atomic E-state index is -0.926. The molecule has 0 aromatic heterocycles. The van der Waals surface area contributed by atoms with E-state index in [0.29, 0.717) is 19.5 Å². The van der Waals surface area contributed by atoms with E-state index in [1.807, 2.05) is 6.26 Å². The monoisotopic (exact) mass is 265 g/mol. The first-order valence-electron chi connectivity index (χ1n) is 5.73. The van der Waals surface area contributed by atoms with Crippen LogP contribution in [0.3, 0.4) is 0 Å². The number of hydrogen-bond donors (Lipinski definition) is 1. The van der Waals surface area contributed by atoms with Gasteiger partial charge in [0.05, 0.1) is 5.56 Å². The van der Waals surface area contributed by atoms with Gasteiger partial charge in [-0.15, -0.1) is 0 Å². The zero-order valence-electron chi connectivity index (χ0n) is 10.2. The van der Waals surface area contributed by atoms with Gasteiger partial charge >= 0.3 is 5.97 Å². The Labute approximate surface area is 110 Å². The van der Waals surface area contributed by atoms with E-state index in [0.717, 1.165) is 16.9 Å². The van der Waals surface area contributed by atoms with Crippen molar-refractivity contribution in [3.05, 3.63) is 34.9 Å². The Morgan fingerprint density at radius 1 is 1.33 bits per heavy atom. The van der Waals surface area contributed by atoms with Crippen LogP contribution in [0.15, 0.2) is 18.2 Å². The molecule has 18 heavy (non-hydrogen) atoms. The zero-order chi connectivity index (χ0) is 13.1. The van der Waals surface area contributed by atoms with Crippen LogP contribution in [0.1, 0.15) is 27.9 Å². The van der Waals surface area contributed by atoms with Gasteiger partial charge in [0.2, 0.25) is 5.91 Å². The molecule has 0 aliphatic carbocycles. The molecule has 96 valence electrons. The molecule has 1 heterocycles. The predicted octanol–water partition coefficient (Wildman–Crippen LogP) is 1.98. The van der Waals surface area contributed by atoms with Gasteiger partial charge in [-0.25, -0.2) is 4.79 Å². The third-order valence-corrected chi connectivity index (χ3v) is 3.66. The molecule has 0 spiro atoms. The van der Waals surface area contributed by atoms with Gasteiger partial charge in [0, 0.05) is 25.3 Å². The van der Waals surface area contributed by atoms with Gasteiger partial charge in [0.1, 0.15) is 0 Å². The third kappa shape index (κ3) is 2.67. The number of carboxylic acid groups (broad SMARTS) is 1. The molecular formula is C13H15NO3S. The summed E-state index contributed by atoms with van der Waals surface area (Å²) in [6.07, 6.45) is 2.52. The van der Waals surface area contributed by atoms with E-state index in [-0.39, 0.29) is 11.5 Å². The lowest BCUT2D eigenvalue weighted by Gasteiger charge is -2.14. The number of carboxylic acids is 1. The highest BCUT2D eigenvalue weighted by Gasteiger charge is 2.23. The molecule has 1 aromatic rings. The quantitative estimate of drug-likeness (QED) is 0.904. The number of hydrogen-bond acceptors (Lipinski definition) is 3. The van der Waals surface area contributed by atoms with Crippen LogP contribution >= 0.6 is 11.8 Å². The maximum atomic E-state index is 11.9. The molecule has 0 fully saturated rings. The van der Waals surface area contributed by atoms with E-state index < -0.39 is 5.97 Å². The highest BCUT2D eigenvalue weighted by molar-refractivity contribution is 7.98. The van der Waals surface area contributed by atoms with E-state index >= 15 is 0 Å². The minimum Gasteiger partial charge on any atom is -0.478 e. The van der Waals surface area contributed by atoms with Crippen LogP contribution in [0, 0.1) is 0 Å². The van der Waals surface area contributed by atoms with E-state index in [1.54, 1.807) is 34.9 Å². The van der Waals surface area contributed by atoms with Crippen molar-refractivity contribution in [1.29, 1.82) is 0 Å². The van der Waals surface area contributed by atoms with E-state index in [4.69, 9.17) is 5.11 Å². The number of carbonyl (C=O) groups is 2. The summed E-state index contributed by atoms with van der Waals surface area (Å²) in [7, 11) is 0. The highest BCUT2D eigenvalue weighted by Crippen LogP contribution is 2.24. The molecule has 0 radical (unpaired) electrons. The Morgan fingerprint density at radius 3 is 2.72 bits per heavy atom. The van der Waals surface area contributed by atoms with Gasteiger partial charge in [-0.2, -0.15) is 11.8 Å². The second kappa shape index (κ2) is 5.44. The summed E-state index contributed by atoms with van der Waals surface area (Å²) in [6.45, 7) is 1.13. The van der Waals surface area contributed by atoms with Crippen LogP contribution in [0.2, 0.25) is 0 Å². The van der Waals surface area contributed by atoms with E-state index in [2.05, 4.69) is 0 Å². The predicted molar refractivity (Wildman–Crippen MR) is 70.7 cm³/mol. The molecule has 1 amide bonds. The van der Waals surface area contributed by atoms with Crippen molar-refractivity contribution in [2.24, 2.45) is 0 Å². The molecule has 5 heteroatoms. The van der Waals surface area contributed by atoms with Crippen LogP contribution in [0.5, 0.6) is 0 Å². The van der Waals surface area contributed by atoms with Crippen molar-refractivity contribution >= 4 is 23.6 Å². The van der Waals surface area contributed by atoms with Crippen molar-refractivity contribution < 1.29 is 14.7 Å². The van der Waals surface area contributed by atoms with Crippen molar-refractivity contribution in [2.75, 3.05) is 12.0 Å². The number of benzene rings is 1. The SMILES string of the molecule is CSCCC(=O)N1Cc2ccc(C(=O)O)cc2C1. The normalized spacial score (nSPS) is 13.5. The lowest BCUT2D eigenvalue weighted by Crippen LogP contribution is -2.25. The fraction of sp³-hybridized carbons (Fsp3) is 0.385. The fourth-order valence-electron chi connectivity index (χ4n) is 2.05. The molecule has 1 aliphatic heterocycles. The Kier molecular flexibility index (Phi) is 3.91. The third-order valence-electron chi connectivity index (χ3n) is 3.05. The number of rotatable bonds is 4. The molecule has 1 aliphatic rings.